The van der Waals surface area contributed by atoms with Gasteiger partial charge in [0.1, 0.15) is 5.58 Å². The van der Waals surface area contributed by atoms with Gasteiger partial charge < -0.3 is 23.5 Å². The van der Waals surface area contributed by atoms with Gasteiger partial charge in [0.15, 0.2) is 23.9 Å². The Kier molecular flexibility index (Phi) is 7.53. The molecule has 10 nitrogen and oxygen atoms in total. The van der Waals surface area contributed by atoms with Crippen LogP contribution in [-0.2, 0) is 9.53 Å². The van der Waals surface area contributed by atoms with E-state index in [-0.39, 0.29) is 23.9 Å². The predicted octanol–water partition coefficient (Wildman–Crippen LogP) is 4.70. The number of carbonyl (C=O) groups excluding carboxylic acids is 1. The topological polar surface area (TPSA) is 108 Å². The van der Waals surface area contributed by atoms with Crippen LogP contribution in [0.3, 0.4) is 0 Å². The Morgan fingerprint density at radius 3 is 2.76 bits per heavy atom. The molecule has 2 aromatic heterocycles. The van der Waals surface area contributed by atoms with Crippen molar-refractivity contribution in [2.45, 2.75) is 0 Å². The minimum Gasteiger partial charge on any atom is -0.493 e. The van der Waals surface area contributed by atoms with Crippen molar-refractivity contribution in [3.63, 3.8) is 0 Å². The van der Waals surface area contributed by atoms with E-state index in [9.17, 15) is 9.59 Å². The number of benzene rings is 3. The molecule has 1 aliphatic heterocycles. The normalized spacial score (nSPS) is 13.8. The molecule has 0 bridgehead atoms. The zero-order valence-electron chi connectivity index (χ0n) is 22.1. The molecule has 1 amide bonds. The van der Waals surface area contributed by atoms with Crippen LogP contribution < -0.4 is 15.0 Å². The van der Waals surface area contributed by atoms with E-state index >= 15 is 0 Å². The number of furan rings is 1. The van der Waals surface area contributed by atoms with Gasteiger partial charge in [0.05, 0.1) is 37.4 Å². The van der Waals surface area contributed by atoms with Crippen LogP contribution in [0.25, 0.3) is 33.5 Å². The highest BCUT2D eigenvalue weighted by atomic mass is 79.9. The fourth-order valence-electron chi connectivity index (χ4n) is 4.62. The van der Waals surface area contributed by atoms with Crippen LogP contribution in [0, 0.1) is 0 Å². The van der Waals surface area contributed by atoms with Gasteiger partial charge in [0.25, 0.3) is 11.5 Å². The second kappa shape index (κ2) is 11.6. The highest BCUT2D eigenvalue weighted by molar-refractivity contribution is 9.10. The summed E-state index contributed by atoms with van der Waals surface area (Å²) < 4.78 is 25.0. The predicted molar refractivity (Wildman–Crippen MR) is 158 cm³/mol. The SMILES string of the molecule is COc1cccc(C=Nn2c(-c3cc4cc(Br)ccc4o3)nc3ccccc3c2=O)c1OCC(=O)N1CCOCC1. The molecule has 5 aromatic rings. The maximum Gasteiger partial charge on any atom is 0.282 e. The summed E-state index contributed by atoms with van der Waals surface area (Å²) >= 11 is 3.48. The summed E-state index contributed by atoms with van der Waals surface area (Å²) in [5.74, 6) is 1.23. The van der Waals surface area contributed by atoms with Crippen LogP contribution in [0.5, 0.6) is 11.5 Å². The Bertz CT molecular complexity index is 1840. The number of aromatic nitrogens is 2. The first kappa shape index (κ1) is 26.7. The van der Waals surface area contributed by atoms with Crippen LogP contribution in [0.1, 0.15) is 5.56 Å². The van der Waals surface area contributed by atoms with Gasteiger partial charge in [0.2, 0.25) is 5.82 Å². The van der Waals surface area contributed by atoms with Crippen molar-refractivity contribution >= 4 is 49.9 Å². The summed E-state index contributed by atoms with van der Waals surface area (Å²) in [7, 11) is 1.52. The van der Waals surface area contributed by atoms with Crippen molar-refractivity contribution in [3.8, 4) is 23.1 Å². The quantitative estimate of drug-likeness (QED) is 0.244. The number of carbonyl (C=O) groups is 1. The zero-order valence-corrected chi connectivity index (χ0v) is 23.7. The molecule has 6 rings (SSSR count). The molecule has 0 N–H and O–H groups in total. The molecule has 41 heavy (non-hydrogen) atoms. The van der Waals surface area contributed by atoms with Gasteiger partial charge in [-0.05, 0) is 48.5 Å². The smallest absolute Gasteiger partial charge is 0.282 e. The van der Waals surface area contributed by atoms with E-state index in [4.69, 9.17) is 23.6 Å². The molecule has 0 unspecified atom stereocenters. The largest absolute Gasteiger partial charge is 0.493 e. The lowest BCUT2D eigenvalue weighted by molar-refractivity contribution is -0.137. The second-order valence-corrected chi connectivity index (χ2v) is 10.2. The van der Waals surface area contributed by atoms with Crippen LogP contribution in [-0.4, -0.2) is 66.7 Å². The molecule has 1 saturated heterocycles. The lowest BCUT2D eigenvalue weighted by atomic mass is 10.2. The number of morpholine rings is 1. The molecule has 0 aliphatic carbocycles. The fraction of sp³-hybridized carbons (Fsp3) is 0.200. The van der Waals surface area contributed by atoms with Gasteiger partial charge in [-0.2, -0.15) is 9.78 Å². The van der Waals surface area contributed by atoms with Gasteiger partial charge in [-0.3, -0.25) is 9.59 Å². The fourth-order valence-corrected chi connectivity index (χ4v) is 5.00. The van der Waals surface area contributed by atoms with Gasteiger partial charge in [0, 0.05) is 28.5 Å². The lowest BCUT2D eigenvalue weighted by Gasteiger charge is -2.27. The number of halogens is 1. The minimum absolute atomic E-state index is 0.157. The Balaban J connectivity index is 1.40. The van der Waals surface area contributed by atoms with Crippen molar-refractivity contribution in [3.05, 3.63) is 87.1 Å². The van der Waals surface area contributed by atoms with Crippen molar-refractivity contribution < 1.29 is 23.4 Å². The Hall–Kier alpha value is -4.48. The van der Waals surface area contributed by atoms with E-state index in [2.05, 4.69) is 21.0 Å². The molecule has 1 fully saturated rings. The molecular formula is C30H25BrN4O6. The van der Waals surface area contributed by atoms with Gasteiger partial charge >= 0.3 is 0 Å². The maximum absolute atomic E-state index is 13.7. The summed E-state index contributed by atoms with van der Waals surface area (Å²) in [6, 6.07) is 19.8. The number of hydrogen-bond acceptors (Lipinski definition) is 8. The molecule has 11 heteroatoms. The molecular weight excluding hydrogens is 592 g/mol. The summed E-state index contributed by atoms with van der Waals surface area (Å²) in [5.41, 5.74) is 1.32. The van der Waals surface area contributed by atoms with Gasteiger partial charge in [-0.1, -0.05) is 34.1 Å². The van der Waals surface area contributed by atoms with E-state index < -0.39 is 0 Å². The number of amides is 1. The minimum atomic E-state index is -0.364. The maximum atomic E-state index is 13.7. The summed E-state index contributed by atoms with van der Waals surface area (Å²) in [4.78, 5) is 32.8. The standard InChI is InChI=1S/C30H25BrN4O6/c1-38-25-8-4-5-19(28(25)40-18-27(36)34-11-13-39-14-12-34)17-32-35-29(33-23-7-3-2-6-22(23)30(35)37)26-16-20-15-21(31)9-10-24(20)41-26/h2-10,15-17H,11-14,18H2,1H3. The summed E-state index contributed by atoms with van der Waals surface area (Å²) in [6.07, 6.45) is 1.48. The number of fused-ring (bicyclic) bond motifs is 2. The zero-order chi connectivity index (χ0) is 28.3. The third kappa shape index (κ3) is 5.46. The van der Waals surface area contributed by atoms with E-state index in [0.717, 1.165) is 9.86 Å². The molecule has 0 atom stereocenters. The second-order valence-electron chi connectivity index (χ2n) is 9.27. The molecule has 3 heterocycles. The van der Waals surface area contributed by atoms with Gasteiger partial charge in [-0.25, -0.2) is 4.98 Å². The van der Waals surface area contributed by atoms with E-state index in [1.54, 1.807) is 41.3 Å². The Labute approximate surface area is 242 Å². The number of hydrogen-bond donors (Lipinski definition) is 0. The first-order valence-electron chi connectivity index (χ1n) is 12.9. The number of para-hydroxylation sites is 2. The first-order chi connectivity index (χ1) is 20.0. The Morgan fingerprint density at radius 1 is 1.10 bits per heavy atom. The van der Waals surface area contributed by atoms with E-state index in [1.165, 1.54) is 18.0 Å². The molecule has 1 aliphatic rings. The van der Waals surface area contributed by atoms with Crippen molar-refractivity contribution in [2.75, 3.05) is 40.0 Å². The molecule has 0 spiro atoms. The summed E-state index contributed by atoms with van der Waals surface area (Å²) in [6.45, 7) is 1.84. The van der Waals surface area contributed by atoms with Crippen LogP contribution >= 0.6 is 15.9 Å². The average Bonchev–Trinajstić information content (AvgIpc) is 3.43. The van der Waals surface area contributed by atoms with Crippen LogP contribution in [0.4, 0.5) is 0 Å². The van der Waals surface area contributed by atoms with Crippen molar-refractivity contribution in [2.24, 2.45) is 5.10 Å². The van der Waals surface area contributed by atoms with Crippen LogP contribution in [0.2, 0.25) is 0 Å². The third-order valence-electron chi connectivity index (χ3n) is 6.70. The monoisotopic (exact) mass is 616 g/mol. The van der Waals surface area contributed by atoms with Crippen molar-refractivity contribution in [1.29, 1.82) is 0 Å². The number of rotatable bonds is 7. The summed E-state index contributed by atoms with van der Waals surface area (Å²) in [5, 5.41) is 5.80. The molecule has 0 saturated carbocycles. The van der Waals surface area contributed by atoms with E-state index in [1.807, 2.05) is 30.3 Å². The number of nitrogens with zero attached hydrogens (tertiary/aromatic N) is 4. The molecule has 208 valence electrons. The number of methoxy groups -OCH3 is 1. The van der Waals surface area contributed by atoms with Crippen LogP contribution in [0.15, 0.2) is 85.5 Å². The van der Waals surface area contributed by atoms with E-state index in [0.29, 0.717) is 65.6 Å². The van der Waals surface area contributed by atoms with Crippen molar-refractivity contribution in [1.82, 2.24) is 14.6 Å². The Morgan fingerprint density at radius 2 is 1.93 bits per heavy atom. The highest BCUT2D eigenvalue weighted by Gasteiger charge is 2.20. The molecule has 0 radical (unpaired) electrons. The highest BCUT2D eigenvalue weighted by Crippen LogP contribution is 2.31. The third-order valence-corrected chi connectivity index (χ3v) is 7.19. The number of ether oxygens (including phenoxy) is 3. The lowest BCUT2D eigenvalue weighted by Crippen LogP contribution is -2.43. The average molecular weight is 617 g/mol. The molecule has 3 aromatic carbocycles. The first-order valence-corrected chi connectivity index (χ1v) is 13.7. The van der Waals surface area contributed by atoms with Gasteiger partial charge in [-0.15, -0.1) is 0 Å².